The zero-order valence-electron chi connectivity index (χ0n) is 18.8. The second kappa shape index (κ2) is 8.63. The minimum atomic E-state index is -0.136. The average Bonchev–Trinajstić information content (AvgIpc) is 3.09. The highest BCUT2D eigenvalue weighted by atomic mass is 127. The third-order valence-electron chi connectivity index (χ3n) is 9.24. The lowest BCUT2D eigenvalue weighted by atomic mass is 9.48. The van der Waals surface area contributed by atoms with Gasteiger partial charge in [0.1, 0.15) is 5.75 Å². The van der Waals surface area contributed by atoms with Crippen LogP contribution in [0.4, 0.5) is 0 Å². The number of nitrogens with zero attached hydrogens (tertiary/aromatic N) is 2. The van der Waals surface area contributed by atoms with Crippen molar-refractivity contribution >= 4 is 57.1 Å². The van der Waals surface area contributed by atoms with E-state index >= 15 is 0 Å². The molecule has 0 heterocycles. The number of hydrogen-bond acceptors (Lipinski definition) is 4. The Morgan fingerprint density at radius 3 is 2.47 bits per heavy atom. The molecule has 6 atom stereocenters. The zero-order chi connectivity index (χ0) is 22.7. The Hall–Kier alpha value is -0.480. The van der Waals surface area contributed by atoms with Gasteiger partial charge in [-0.3, -0.25) is 0 Å². The molecule has 1 aromatic rings. The van der Waals surface area contributed by atoms with Gasteiger partial charge in [-0.25, -0.2) is 0 Å². The maximum atomic E-state index is 10.2. The number of allylic oxidation sites excluding steroid dienone is 1. The van der Waals surface area contributed by atoms with Crippen LogP contribution in [0.1, 0.15) is 70.8 Å². The molecule has 3 saturated carbocycles. The van der Waals surface area contributed by atoms with Gasteiger partial charge in [0.05, 0.1) is 19.5 Å². The number of phenolic OH excluding ortho intramolecular Hbond substituents is 1. The Labute approximate surface area is 218 Å². The molecule has 1 aromatic carbocycles. The van der Waals surface area contributed by atoms with Gasteiger partial charge in [0.15, 0.2) is 0 Å². The quantitative estimate of drug-likeness (QED) is 0.161. The van der Waals surface area contributed by atoms with E-state index in [9.17, 15) is 10.2 Å². The molecule has 0 bridgehead atoms. The highest BCUT2D eigenvalue weighted by molar-refractivity contribution is 14.1. The highest BCUT2D eigenvalue weighted by Crippen LogP contribution is 2.64. The molecule has 0 radical (unpaired) electrons. The normalized spacial score (nSPS) is 40.2. The number of aromatic hydroxyl groups is 1. The number of halogens is 2. The first-order valence-corrected chi connectivity index (χ1v) is 14.0. The fourth-order valence-electron chi connectivity index (χ4n) is 7.42. The van der Waals surface area contributed by atoms with E-state index in [2.05, 4.69) is 70.2 Å². The van der Waals surface area contributed by atoms with Crippen LogP contribution in [0.5, 0.6) is 5.75 Å². The van der Waals surface area contributed by atoms with E-state index in [1.54, 1.807) is 0 Å². The summed E-state index contributed by atoms with van der Waals surface area (Å²) in [6, 6.07) is 3.89. The van der Waals surface area contributed by atoms with E-state index in [-0.39, 0.29) is 16.9 Å². The number of aliphatic hydroxyl groups is 1. The zero-order valence-corrected chi connectivity index (χ0v) is 23.1. The molecule has 32 heavy (non-hydrogen) atoms. The Morgan fingerprint density at radius 1 is 1.03 bits per heavy atom. The van der Waals surface area contributed by atoms with E-state index in [0.29, 0.717) is 11.7 Å². The molecule has 0 aromatic heterocycles. The third kappa shape index (κ3) is 3.80. The maximum Gasteiger partial charge on any atom is 0.142 e. The molecule has 4 aliphatic rings. The lowest BCUT2D eigenvalue weighted by molar-refractivity contribution is -0.0209. The van der Waals surface area contributed by atoms with Crippen LogP contribution in [0.2, 0.25) is 0 Å². The van der Waals surface area contributed by atoms with Crippen molar-refractivity contribution in [2.24, 2.45) is 38.8 Å². The van der Waals surface area contributed by atoms with Crippen molar-refractivity contribution in [1.29, 1.82) is 0 Å². The summed E-state index contributed by atoms with van der Waals surface area (Å²) in [5.41, 5.74) is 4.23. The minimum absolute atomic E-state index is 0.136. The van der Waals surface area contributed by atoms with Crippen LogP contribution in [0.15, 0.2) is 34.0 Å². The summed E-state index contributed by atoms with van der Waals surface area (Å²) in [5.74, 6) is 2.50. The molecule has 172 valence electrons. The molecule has 3 fully saturated rings. The fraction of sp³-hybridized carbons (Fsp3) is 0.615. The molecule has 0 saturated heterocycles. The van der Waals surface area contributed by atoms with Crippen molar-refractivity contribution in [2.45, 2.75) is 71.3 Å². The first-order chi connectivity index (χ1) is 15.2. The van der Waals surface area contributed by atoms with Crippen molar-refractivity contribution in [1.82, 2.24) is 0 Å². The summed E-state index contributed by atoms with van der Waals surface area (Å²) in [4.78, 5) is 0. The number of hydrogen-bond donors (Lipinski definition) is 2. The van der Waals surface area contributed by atoms with E-state index in [0.717, 1.165) is 50.2 Å². The molecule has 0 unspecified atom stereocenters. The van der Waals surface area contributed by atoms with Gasteiger partial charge in [0.2, 0.25) is 0 Å². The summed E-state index contributed by atoms with van der Waals surface area (Å²) in [7, 11) is 0. The molecular formula is C26H32I2N2O2. The second-order valence-corrected chi connectivity index (χ2v) is 13.1. The molecule has 4 nitrogen and oxygen atoms in total. The number of aliphatic hydroxyl groups excluding tert-OH is 1. The predicted octanol–water partition coefficient (Wildman–Crippen LogP) is 6.70. The molecule has 6 heteroatoms. The first kappa shape index (κ1) is 23.3. The van der Waals surface area contributed by atoms with Crippen molar-refractivity contribution in [3.63, 3.8) is 0 Å². The fourth-order valence-corrected chi connectivity index (χ4v) is 9.24. The Bertz CT molecular complexity index is 996. The van der Waals surface area contributed by atoms with Crippen LogP contribution in [0.3, 0.4) is 0 Å². The number of rotatable bonds is 2. The van der Waals surface area contributed by atoms with Crippen LogP contribution in [-0.2, 0) is 0 Å². The maximum absolute atomic E-state index is 10.2. The average molecular weight is 658 g/mol. The Balaban J connectivity index is 1.37. The van der Waals surface area contributed by atoms with Gasteiger partial charge in [0, 0.05) is 11.1 Å². The van der Waals surface area contributed by atoms with Gasteiger partial charge in [-0.15, -0.1) is 0 Å². The summed E-state index contributed by atoms with van der Waals surface area (Å²) in [5, 5.41) is 29.5. The predicted molar refractivity (Wildman–Crippen MR) is 146 cm³/mol. The van der Waals surface area contributed by atoms with Crippen LogP contribution in [0.25, 0.3) is 0 Å². The van der Waals surface area contributed by atoms with Crippen molar-refractivity contribution < 1.29 is 10.2 Å². The number of fused-ring (bicyclic) bond motifs is 5. The molecule has 0 amide bonds. The molecular weight excluding hydrogens is 626 g/mol. The molecule has 5 rings (SSSR count). The second-order valence-electron chi connectivity index (χ2n) is 10.8. The minimum Gasteiger partial charge on any atom is -0.506 e. The van der Waals surface area contributed by atoms with Gasteiger partial charge in [-0.1, -0.05) is 25.5 Å². The van der Waals surface area contributed by atoms with Crippen molar-refractivity contribution in [3.05, 3.63) is 36.5 Å². The number of benzene rings is 1. The monoisotopic (exact) mass is 658 g/mol. The van der Waals surface area contributed by atoms with E-state index in [1.807, 2.05) is 18.3 Å². The van der Waals surface area contributed by atoms with Crippen LogP contribution in [0, 0.1) is 35.7 Å². The third-order valence-corrected chi connectivity index (χ3v) is 10.9. The van der Waals surface area contributed by atoms with Crippen molar-refractivity contribution in [2.75, 3.05) is 0 Å². The van der Waals surface area contributed by atoms with E-state index < -0.39 is 0 Å². The van der Waals surface area contributed by atoms with Gasteiger partial charge < -0.3 is 10.2 Å². The topological polar surface area (TPSA) is 65.2 Å². The highest BCUT2D eigenvalue weighted by Gasteiger charge is 2.57. The van der Waals surface area contributed by atoms with E-state index in [4.69, 9.17) is 5.10 Å². The Kier molecular flexibility index (Phi) is 6.27. The summed E-state index contributed by atoms with van der Waals surface area (Å²) in [6.45, 7) is 4.92. The smallest absolute Gasteiger partial charge is 0.142 e. The molecule has 0 aliphatic heterocycles. The van der Waals surface area contributed by atoms with Crippen LogP contribution < -0.4 is 0 Å². The molecule has 0 spiro atoms. The van der Waals surface area contributed by atoms with Gasteiger partial charge >= 0.3 is 0 Å². The summed E-state index contributed by atoms with van der Waals surface area (Å²) >= 11 is 4.31. The number of phenols is 1. The van der Waals surface area contributed by atoms with E-state index in [1.165, 1.54) is 37.0 Å². The largest absolute Gasteiger partial charge is 0.506 e. The van der Waals surface area contributed by atoms with Crippen LogP contribution >= 0.6 is 45.2 Å². The lowest BCUT2D eigenvalue weighted by Gasteiger charge is -2.57. The molecule has 2 N–H and O–H groups in total. The standard InChI is InChI=1S/C26H32I2N2O2/c1-25-9-7-17(31)13-16(25)3-4-18-19-5-6-23(26(19,2)10-8-20(18)25)30-29-14-15-11-21(27)24(32)22(28)12-15/h3,11-12,14,17-20,31-32H,4-10,13H2,1-2H3/b29-14-,30-23-/t17-,18-,19-,20-,25-,26-/m0/s1. The van der Waals surface area contributed by atoms with Crippen LogP contribution in [-0.4, -0.2) is 28.2 Å². The van der Waals surface area contributed by atoms with Gasteiger partial charge in [-0.2, -0.15) is 10.2 Å². The van der Waals surface area contributed by atoms with Gasteiger partial charge in [0.25, 0.3) is 0 Å². The van der Waals surface area contributed by atoms with Gasteiger partial charge in [-0.05, 0) is 137 Å². The first-order valence-electron chi connectivity index (χ1n) is 11.9. The lowest BCUT2D eigenvalue weighted by Crippen LogP contribution is -2.50. The summed E-state index contributed by atoms with van der Waals surface area (Å²) < 4.78 is 1.67. The Morgan fingerprint density at radius 2 is 1.72 bits per heavy atom. The summed E-state index contributed by atoms with van der Waals surface area (Å²) in [6.07, 6.45) is 13.1. The van der Waals surface area contributed by atoms with Crippen molar-refractivity contribution in [3.8, 4) is 5.75 Å². The molecule has 4 aliphatic carbocycles. The SMILES string of the molecule is C[C@]12CC[C@H](O)CC1=CC[C@@H]1[C@@H]2CC[C@]2(C)/C(=N\N=C/c3cc(I)c(O)c(I)c3)CC[C@@H]12.